The minimum Gasteiger partial charge on any atom is -0.396 e. The number of carbonyl (C=O) groups is 1. The van der Waals surface area contributed by atoms with E-state index >= 15 is 0 Å². The highest BCUT2D eigenvalue weighted by molar-refractivity contribution is 5.78. The Labute approximate surface area is 110 Å². The lowest BCUT2D eigenvalue weighted by Crippen LogP contribution is -2.35. The van der Waals surface area contributed by atoms with Crippen molar-refractivity contribution >= 4 is 5.91 Å². The van der Waals surface area contributed by atoms with Gasteiger partial charge in [0.1, 0.15) is 0 Å². The Balaban J connectivity index is 1.67. The fourth-order valence-electron chi connectivity index (χ4n) is 3.52. The van der Waals surface area contributed by atoms with Gasteiger partial charge in [0.2, 0.25) is 5.91 Å². The Hall–Kier alpha value is -0.570. The van der Waals surface area contributed by atoms with Crippen molar-refractivity contribution in [3.05, 3.63) is 0 Å². The van der Waals surface area contributed by atoms with E-state index in [2.05, 4.69) is 5.32 Å². The zero-order valence-electron chi connectivity index (χ0n) is 11.4. The van der Waals surface area contributed by atoms with Crippen LogP contribution in [-0.2, 0) is 4.79 Å². The van der Waals surface area contributed by atoms with Gasteiger partial charge in [-0.25, -0.2) is 0 Å². The molecule has 0 unspecified atom stereocenters. The molecule has 0 radical (unpaired) electrons. The van der Waals surface area contributed by atoms with E-state index < -0.39 is 0 Å². The Kier molecular flexibility index (Phi) is 5.48. The Morgan fingerprint density at radius 2 is 1.72 bits per heavy atom. The maximum absolute atomic E-state index is 11.9. The van der Waals surface area contributed by atoms with Crippen LogP contribution < -0.4 is 5.32 Å². The van der Waals surface area contributed by atoms with Crippen LogP contribution in [0.25, 0.3) is 0 Å². The molecule has 0 aliphatic heterocycles. The Bertz CT molecular complexity index is 255. The zero-order valence-corrected chi connectivity index (χ0v) is 11.4. The second kappa shape index (κ2) is 7.13. The molecule has 3 heteroatoms. The van der Waals surface area contributed by atoms with Crippen LogP contribution in [0.4, 0.5) is 0 Å². The van der Waals surface area contributed by atoms with Gasteiger partial charge in [-0.2, -0.15) is 0 Å². The molecular weight excluding hydrogens is 226 g/mol. The van der Waals surface area contributed by atoms with Crippen molar-refractivity contribution in [3.63, 3.8) is 0 Å². The molecule has 0 saturated heterocycles. The number of hydrogen-bond acceptors (Lipinski definition) is 2. The summed E-state index contributed by atoms with van der Waals surface area (Å²) >= 11 is 0. The van der Waals surface area contributed by atoms with Gasteiger partial charge in [-0.05, 0) is 31.1 Å². The highest BCUT2D eigenvalue weighted by Gasteiger charge is 2.24. The molecule has 2 N–H and O–H groups in total. The number of nitrogens with one attached hydrogen (secondary N) is 1. The molecule has 2 fully saturated rings. The molecule has 2 aliphatic carbocycles. The molecule has 3 nitrogen and oxygen atoms in total. The van der Waals surface area contributed by atoms with Gasteiger partial charge in [0.15, 0.2) is 0 Å². The first kappa shape index (κ1) is 13.9. The molecule has 0 aromatic rings. The van der Waals surface area contributed by atoms with Crippen LogP contribution >= 0.6 is 0 Å². The maximum atomic E-state index is 11.9. The number of carbonyl (C=O) groups excluding carboxylic acids is 1. The lowest BCUT2D eigenvalue weighted by atomic mass is 9.93. The van der Waals surface area contributed by atoms with E-state index in [0.717, 1.165) is 25.2 Å². The van der Waals surface area contributed by atoms with Gasteiger partial charge in [0.25, 0.3) is 0 Å². The van der Waals surface area contributed by atoms with E-state index in [1.165, 1.54) is 38.5 Å². The molecule has 0 heterocycles. The SMILES string of the molecule is O=C(NC[C@H](CO)CC1CCCC1)C1CCCC1. The fraction of sp³-hybridized carbons (Fsp3) is 0.933. The molecule has 2 aliphatic rings. The van der Waals surface area contributed by atoms with Crippen LogP contribution in [0.2, 0.25) is 0 Å². The fourth-order valence-corrected chi connectivity index (χ4v) is 3.52. The van der Waals surface area contributed by atoms with E-state index in [0.29, 0.717) is 6.54 Å². The lowest BCUT2D eigenvalue weighted by Gasteiger charge is -2.20. The summed E-state index contributed by atoms with van der Waals surface area (Å²) in [6, 6.07) is 0. The van der Waals surface area contributed by atoms with Gasteiger partial charge in [0, 0.05) is 19.1 Å². The summed E-state index contributed by atoms with van der Waals surface area (Å²) in [5, 5.41) is 12.5. The number of rotatable bonds is 6. The third-order valence-electron chi connectivity index (χ3n) is 4.69. The third kappa shape index (κ3) is 3.98. The van der Waals surface area contributed by atoms with Crippen molar-refractivity contribution in [2.45, 2.75) is 57.8 Å². The summed E-state index contributed by atoms with van der Waals surface area (Å²) in [6.45, 7) is 0.879. The van der Waals surface area contributed by atoms with Crippen molar-refractivity contribution in [1.82, 2.24) is 5.32 Å². The summed E-state index contributed by atoms with van der Waals surface area (Å²) in [6.07, 6.45) is 10.9. The topological polar surface area (TPSA) is 49.3 Å². The van der Waals surface area contributed by atoms with Crippen LogP contribution in [0.5, 0.6) is 0 Å². The standard InChI is InChI=1S/C15H27NO2/c17-11-13(9-12-5-1-2-6-12)10-16-15(18)14-7-3-4-8-14/h12-14,17H,1-11H2,(H,16,18)/t13-/m1/s1. The van der Waals surface area contributed by atoms with Gasteiger partial charge in [-0.1, -0.05) is 38.5 Å². The Morgan fingerprint density at radius 3 is 2.33 bits per heavy atom. The predicted molar refractivity (Wildman–Crippen MR) is 72.1 cm³/mol. The molecule has 1 atom stereocenters. The monoisotopic (exact) mass is 253 g/mol. The molecule has 104 valence electrons. The molecule has 18 heavy (non-hydrogen) atoms. The summed E-state index contributed by atoms with van der Waals surface area (Å²) in [7, 11) is 0. The first-order valence-electron chi connectivity index (χ1n) is 7.68. The van der Waals surface area contributed by atoms with Crippen LogP contribution in [0.1, 0.15) is 57.8 Å². The summed E-state index contributed by atoms with van der Waals surface area (Å²) in [5.41, 5.74) is 0. The molecule has 0 aromatic carbocycles. The average Bonchev–Trinajstić information content (AvgIpc) is 3.06. The molecular formula is C15H27NO2. The second-order valence-corrected chi connectivity index (χ2v) is 6.16. The average molecular weight is 253 g/mol. The lowest BCUT2D eigenvalue weighted by molar-refractivity contribution is -0.125. The second-order valence-electron chi connectivity index (χ2n) is 6.16. The number of aliphatic hydroxyl groups excluding tert-OH is 1. The molecule has 2 saturated carbocycles. The van der Waals surface area contributed by atoms with Crippen molar-refractivity contribution in [3.8, 4) is 0 Å². The van der Waals surface area contributed by atoms with Crippen molar-refractivity contribution < 1.29 is 9.90 Å². The van der Waals surface area contributed by atoms with E-state index in [9.17, 15) is 9.90 Å². The van der Waals surface area contributed by atoms with Crippen LogP contribution in [-0.4, -0.2) is 24.2 Å². The number of aliphatic hydroxyl groups is 1. The number of amides is 1. The van der Waals surface area contributed by atoms with E-state index in [1.807, 2.05) is 0 Å². The molecule has 2 rings (SSSR count). The van der Waals surface area contributed by atoms with Gasteiger partial charge in [-0.3, -0.25) is 4.79 Å². The van der Waals surface area contributed by atoms with Crippen molar-refractivity contribution in [2.75, 3.05) is 13.2 Å². The first-order valence-corrected chi connectivity index (χ1v) is 7.68. The summed E-state index contributed by atoms with van der Waals surface area (Å²) in [5.74, 6) is 1.51. The Morgan fingerprint density at radius 1 is 1.11 bits per heavy atom. The molecule has 1 amide bonds. The van der Waals surface area contributed by atoms with Crippen LogP contribution in [0.15, 0.2) is 0 Å². The maximum Gasteiger partial charge on any atom is 0.223 e. The summed E-state index contributed by atoms with van der Waals surface area (Å²) in [4.78, 5) is 11.9. The van der Waals surface area contributed by atoms with Gasteiger partial charge in [0.05, 0.1) is 0 Å². The normalized spacial score (nSPS) is 23.4. The minimum atomic E-state index is 0.210. The molecule has 0 bridgehead atoms. The minimum absolute atomic E-state index is 0.210. The van der Waals surface area contributed by atoms with E-state index in [-0.39, 0.29) is 24.3 Å². The highest BCUT2D eigenvalue weighted by Crippen LogP contribution is 2.30. The van der Waals surface area contributed by atoms with Gasteiger partial charge in [-0.15, -0.1) is 0 Å². The van der Waals surface area contributed by atoms with Crippen molar-refractivity contribution in [2.24, 2.45) is 17.8 Å². The van der Waals surface area contributed by atoms with E-state index in [4.69, 9.17) is 0 Å². The highest BCUT2D eigenvalue weighted by atomic mass is 16.3. The largest absolute Gasteiger partial charge is 0.396 e. The van der Waals surface area contributed by atoms with Crippen LogP contribution in [0.3, 0.4) is 0 Å². The number of hydrogen-bond donors (Lipinski definition) is 2. The molecule has 0 aromatic heterocycles. The smallest absolute Gasteiger partial charge is 0.223 e. The zero-order chi connectivity index (χ0) is 12.8. The first-order chi connectivity index (χ1) is 8.79. The molecule has 0 spiro atoms. The van der Waals surface area contributed by atoms with E-state index in [1.54, 1.807) is 0 Å². The quantitative estimate of drug-likeness (QED) is 0.764. The van der Waals surface area contributed by atoms with Gasteiger partial charge < -0.3 is 10.4 Å². The third-order valence-corrected chi connectivity index (χ3v) is 4.69. The predicted octanol–water partition coefficient (Wildman–Crippen LogP) is 2.48. The summed E-state index contributed by atoms with van der Waals surface area (Å²) < 4.78 is 0. The van der Waals surface area contributed by atoms with Gasteiger partial charge >= 0.3 is 0 Å². The van der Waals surface area contributed by atoms with Crippen LogP contribution in [0, 0.1) is 17.8 Å². The van der Waals surface area contributed by atoms with Crippen molar-refractivity contribution in [1.29, 1.82) is 0 Å².